The molecule has 1 saturated heterocycles. The van der Waals surface area contributed by atoms with Crippen LogP contribution in [0.15, 0.2) is 36.5 Å². The Bertz CT molecular complexity index is 804. The molecule has 4 rings (SSSR count). The van der Waals surface area contributed by atoms with Gasteiger partial charge in [-0.2, -0.15) is 0 Å². The highest BCUT2D eigenvalue weighted by Gasteiger charge is 2.13. The average molecular weight is 324 g/mol. The molecule has 3 heterocycles. The maximum Gasteiger partial charge on any atom is 0.128 e. The minimum atomic E-state index is 1.01. The van der Waals surface area contributed by atoms with Gasteiger partial charge in [-0.05, 0) is 30.2 Å². The molecule has 1 aliphatic heterocycles. The van der Waals surface area contributed by atoms with Gasteiger partial charge in [-0.25, -0.2) is 9.97 Å². The van der Waals surface area contributed by atoms with Crippen molar-refractivity contribution in [3.63, 3.8) is 0 Å². The number of thiazole rings is 1. The molecule has 0 unspecified atom stereocenters. The van der Waals surface area contributed by atoms with E-state index in [-0.39, 0.29) is 0 Å². The van der Waals surface area contributed by atoms with E-state index in [9.17, 15) is 0 Å². The summed E-state index contributed by atoms with van der Waals surface area (Å²) in [6.07, 6.45) is 2.97. The lowest BCUT2D eigenvalue weighted by atomic mass is 10.1. The van der Waals surface area contributed by atoms with E-state index in [0.29, 0.717) is 0 Å². The molecule has 0 bridgehead atoms. The van der Waals surface area contributed by atoms with Gasteiger partial charge in [-0.15, -0.1) is 11.3 Å². The van der Waals surface area contributed by atoms with Crippen LogP contribution in [0.2, 0.25) is 0 Å². The number of nitrogens with zero attached hydrogens (tertiary/aromatic N) is 3. The number of nitrogens with one attached hydrogen (secondary N) is 1. The average Bonchev–Trinajstić information content (AvgIpc) is 3.07. The van der Waals surface area contributed by atoms with Crippen molar-refractivity contribution >= 4 is 27.4 Å². The summed E-state index contributed by atoms with van der Waals surface area (Å²) in [5, 5.41) is 4.43. The normalized spacial score (nSPS) is 15.3. The fourth-order valence-electron chi connectivity index (χ4n) is 3.01. The van der Waals surface area contributed by atoms with E-state index in [4.69, 9.17) is 4.98 Å². The highest BCUT2D eigenvalue weighted by atomic mass is 32.1. The molecule has 5 heteroatoms. The number of rotatable bonds is 3. The van der Waals surface area contributed by atoms with Crippen LogP contribution in [0.5, 0.6) is 0 Å². The van der Waals surface area contributed by atoms with Gasteiger partial charge in [0.1, 0.15) is 10.8 Å². The van der Waals surface area contributed by atoms with Crippen molar-refractivity contribution in [2.75, 3.05) is 31.1 Å². The number of fused-ring (bicyclic) bond motifs is 1. The van der Waals surface area contributed by atoms with Crippen LogP contribution in [0.25, 0.3) is 20.8 Å². The first-order valence-electron chi connectivity index (χ1n) is 8.15. The zero-order valence-corrected chi connectivity index (χ0v) is 14.1. The molecule has 0 amide bonds. The van der Waals surface area contributed by atoms with Crippen molar-refractivity contribution in [2.24, 2.45) is 0 Å². The summed E-state index contributed by atoms with van der Waals surface area (Å²) in [5.74, 6) is 1.06. The number of aryl methyl sites for hydroxylation is 1. The van der Waals surface area contributed by atoms with Gasteiger partial charge in [0, 0.05) is 37.9 Å². The van der Waals surface area contributed by atoms with E-state index < -0.39 is 0 Å². The van der Waals surface area contributed by atoms with Crippen LogP contribution in [-0.2, 0) is 6.42 Å². The van der Waals surface area contributed by atoms with E-state index in [2.05, 4.69) is 52.5 Å². The molecule has 0 aliphatic carbocycles. The van der Waals surface area contributed by atoms with Gasteiger partial charge in [0.15, 0.2) is 0 Å². The van der Waals surface area contributed by atoms with E-state index in [1.165, 1.54) is 10.3 Å². The van der Waals surface area contributed by atoms with Crippen LogP contribution in [0.4, 0.5) is 5.82 Å². The lowest BCUT2D eigenvalue weighted by Crippen LogP contribution is -2.43. The predicted octanol–water partition coefficient (Wildman–Crippen LogP) is 3.33. The van der Waals surface area contributed by atoms with Crippen LogP contribution in [0.3, 0.4) is 0 Å². The third kappa shape index (κ3) is 2.82. The van der Waals surface area contributed by atoms with Crippen molar-refractivity contribution < 1.29 is 0 Å². The number of pyridine rings is 1. The summed E-state index contributed by atoms with van der Waals surface area (Å²) in [6.45, 7) is 6.28. The largest absolute Gasteiger partial charge is 0.354 e. The molecule has 118 valence electrons. The first-order chi connectivity index (χ1) is 11.3. The standard InChI is InChI=1S/C18H20N4S/c1-2-13-4-3-5-15-17(13)21-18(23-15)14-6-7-16(20-12-14)22-10-8-19-9-11-22/h3-7,12,19H,2,8-11H2,1H3. The third-order valence-corrected chi connectivity index (χ3v) is 5.39. The number of piperazine rings is 1. The molecule has 0 saturated carbocycles. The number of hydrogen-bond donors (Lipinski definition) is 1. The first-order valence-corrected chi connectivity index (χ1v) is 8.97. The Labute approximate surface area is 140 Å². The van der Waals surface area contributed by atoms with Crippen LogP contribution in [0.1, 0.15) is 12.5 Å². The van der Waals surface area contributed by atoms with Crippen molar-refractivity contribution in [2.45, 2.75) is 13.3 Å². The highest BCUT2D eigenvalue weighted by molar-refractivity contribution is 7.21. The molecular formula is C18H20N4S. The molecule has 3 aromatic rings. The number of hydrogen-bond acceptors (Lipinski definition) is 5. The minimum Gasteiger partial charge on any atom is -0.354 e. The van der Waals surface area contributed by atoms with E-state index in [0.717, 1.165) is 54.5 Å². The Kier molecular flexibility index (Phi) is 3.97. The Morgan fingerprint density at radius 2 is 2.04 bits per heavy atom. The molecule has 23 heavy (non-hydrogen) atoms. The summed E-state index contributed by atoms with van der Waals surface area (Å²) < 4.78 is 1.26. The quantitative estimate of drug-likeness (QED) is 0.802. The molecule has 0 spiro atoms. The summed E-state index contributed by atoms with van der Waals surface area (Å²) in [4.78, 5) is 11.8. The van der Waals surface area contributed by atoms with E-state index in [1.54, 1.807) is 11.3 Å². The number of aromatic nitrogens is 2. The first kappa shape index (κ1) is 14.6. The maximum atomic E-state index is 4.85. The second-order valence-electron chi connectivity index (χ2n) is 5.78. The monoisotopic (exact) mass is 324 g/mol. The summed E-state index contributed by atoms with van der Waals surface area (Å²) in [6, 6.07) is 10.7. The zero-order valence-electron chi connectivity index (χ0n) is 13.2. The van der Waals surface area contributed by atoms with Crippen molar-refractivity contribution in [3.8, 4) is 10.6 Å². The van der Waals surface area contributed by atoms with Crippen LogP contribution in [-0.4, -0.2) is 36.1 Å². The lowest BCUT2D eigenvalue weighted by molar-refractivity contribution is 0.585. The highest BCUT2D eigenvalue weighted by Crippen LogP contribution is 2.32. The third-order valence-electron chi connectivity index (χ3n) is 4.32. The summed E-state index contributed by atoms with van der Waals surface area (Å²) in [5.41, 5.74) is 3.56. The zero-order chi connectivity index (χ0) is 15.6. The van der Waals surface area contributed by atoms with Crippen LogP contribution in [0, 0.1) is 0 Å². The van der Waals surface area contributed by atoms with Gasteiger partial charge in [0.05, 0.1) is 10.2 Å². The fourth-order valence-corrected chi connectivity index (χ4v) is 4.01. The Balaban J connectivity index is 1.65. The number of anilines is 1. The molecule has 0 radical (unpaired) electrons. The van der Waals surface area contributed by atoms with Gasteiger partial charge < -0.3 is 10.2 Å². The second-order valence-corrected chi connectivity index (χ2v) is 6.81. The summed E-state index contributed by atoms with van der Waals surface area (Å²) in [7, 11) is 0. The molecule has 1 aromatic carbocycles. The van der Waals surface area contributed by atoms with Crippen molar-refractivity contribution in [3.05, 3.63) is 42.1 Å². The van der Waals surface area contributed by atoms with E-state index in [1.807, 2.05) is 6.20 Å². The second kappa shape index (κ2) is 6.26. The smallest absolute Gasteiger partial charge is 0.128 e. The number of benzene rings is 1. The molecule has 1 aliphatic rings. The Morgan fingerprint density at radius 1 is 1.17 bits per heavy atom. The molecule has 2 aromatic heterocycles. The van der Waals surface area contributed by atoms with E-state index >= 15 is 0 Å². The molecule has 1 N–H and O–H groups in total. The van der Waals surface area contributed by atoms with Gasteiger partial charge in [0.2, 0.25) is 0 Å². The molecule has 0 atom stereocenters. The fraction of sp³-hybridized carbons (Fsp3) is 0.333. The summed E-state index contributed by atoms with van der Waals surface area (Å²) >= 11 is 1.75. The molecule has 1 fully saturated rings. The van der Waals surface area contributed by atoms with Crippen molar-refractivity contribution in [1.82, 2.24) is 15.3 Å². The van der Waals surface area contributed by atoms with Crippen LogP contribution < -0.4 is 10.2 Å². The predicted molar refractivity (Wildman–Crippen MR) is 97.3 cm³/mol. The van der Waals surface area contributed by atoms with Gasteiger partial charge in [0.25, 0.3) is 0 Å². The van der Waals surface area contributed by atoms with Crippen molar-refractivity contribution in [1.29, 1.82) is 0 Å². The SMILES string of the molecule is CCc1cccc2sc(-c3ccc(N4CCNCC4)nc3)nc12. The van der Waals surface area contributed by atoms with Gasteiger partial charge in [-0.3, -0.25) is 0 Å². The van der Waals surface area contributed by atoms with Gasteiger partial charge >= 0.3 is 0 Å². The Hall–Kier alpha value is -1.98. The minimum absolute atomic E-state index is 1.01. The molecule has 4 nitrogen and oxygen atoms in total. The van der Waals surface area contributed by atoms with Crippen LogP contribution >= 0.6 is 11.3 Å². The number of para-hydroxylation sites is 1. The Morgan fingerprint density at radius 3 is 2.78 bits per heavy atom. The van der Waals surface area contributed by atoms with Gasteiger partial charge in [-0.1, -0.05) is 19.1 Å². The topological polar surface area (TPSA) is 41.0 Å². The lowest BCUT2D eigenvalue weighted by Gasteiger charge is -2.28. The molecular weight excluding hydrogens is 304 g/mol. The maximum absolute atomic E-state index is 4.85.